The third-order valence-corrected chi connectivity index (χ3v) is 3.66. The number of benzene rings is 1. The second-order valence-corrected chi connectivity index (χ2v) is 4.95. The number of nitrogens with two attached hydrogens (primary N) is 1. The lowest BCUT2D eigenvalue weighted by Crippen LogP contribution is -2.49. The van der Waals surface area contributed by atoms with Crippen LogP contribution in [-0.2, 0) is 11.2 Å². The van der Waals surface area contributed by atoms with Crippen LogP contribution in [0, 0.1) is 6.92 Å². The third-order valence-electron chi connectivity index (χ3n) is 3.66. The lowest BCUT2D eigenvalue weighted by molar-refractivity contribution is -0.120. The van der Waals surface area contributed by atoms with E-state index < -0.39 is 0 Å². The second kappa shape index (κ2) is 6.55. The Balaban J connectivity index is 2.50. The summed E-state index contributed by atoms with van der Waals surface area (Å²) in [6.07, 6.45) is 2.17. The van der Waals surface area contributed by atoms with Gasteiger partial charge in [0.05, 0.1) is 6.42 Å². The van der Waals surface area contributed by atoms with E-state index in [4.69, 9.17) is 5.73 Å². The first kappa shape index (κ1) is 14.7. The first-order chi connectivity index (χ1) is 8.50. The van der Waals surface area contributed by atoms with Crippen molar-refractivity contribution in [2.24, 2.45) is 5.73 Å². The summed E-state index contributed by atoms with van der Waals surface area (Å²) in [7, 11) is 0. The van der Waals surface area contributed by atoms with Crippen molar-refractivity contribution in [3.63, 3.8) is 0 Å². The summed E-state index contributed by atoms with van der Waals surface area (Å²) in [4.78, 5) is 11.9. The van der Waals surface area contributed by atoms with Crippen LogP contribution in [0.2, 0.25) is 0 Å². The van der Waals surface area contributed by atoms with Gasteiger partial charge in [-0.2, -0.15) is 0 Å². The number of amides is 1. The fraction of sp³-hybridized carbons (Fsp3) is 0.533. The molecule has 3 heteroatoms. The van der Waals surface area contributed by atoms with E-state index in [1.165, 1.54) is 0 Å². The zero-order valence-electron chi connectivity index (χ0n) is 11.6. The van der Waals surface area contributed by atoms with Crippen molar-refractivity contribution in [2.45, 2.75) is 45.6 Å². The van der Waals surface area contributed by atoms with Crippen LogP contribution in [0.15, 0.2) is 24.3 Å². The summed E-state index contributed by atoms with van der Waals surface area (Å²) in [6, 6.07) is 7.95. The van der Waals surface area contributed by atoms with Gasteiger partial charge in [-0.1, -0.05) is 38.1 Å². The quantitative estimate of drug-likeness (QED) is 0.810. The summed E-state index contributed by atoms with van der Waals surface area (Å²) >= 11 is 0. The van der Waals surface area contributed by atoms with Gasteiger partial charge in [-0.05, 0) is 30.9 Å². The highest BCUT2D eigenvalue weighted by atomic mass is 16.1. The van der Waals surface area contributed by atoms with Crippen molar-refractivity contribution in [1.82, 2.24) is 5.32 Å². The van der Waals surface area contributed by atoms with Gasteiger partial charge in [-0.25, -0.2) is 0 Å². The number of hydrogen-bond acceptors (Lipinski definition) is 2. The average molecular weight is 248 g/mol. The van der Waals surface area contributed by atoms with Crippen LogP contribution in [0.25, 0.3) is 0 Å². The van der Waals surface area contributed by atoms with Crippen molar-refractivity contribution in [1.29, 1.82) is 0 Å². The Morgan fingerprint density at radius 3 is 2.44 bits per heavy atom. The predicted molar refractivity (Wildman–Crippen MR) is 75.4 cm³/mol. The van der Waals surface area contributed by atoms with Gasteiger partial charge in [0.1, 0.15) is 0 Å². The van der Waals surface area contributed by atoms with Crippen LogP contribution < -0.4 is 11.1 Å². The molecule has 0 heterocycles. The molecule has 0 radical (unpaired) electrons. The van der Waals surface area contributed by atoms with Crippen molar-refractivity contribution in [3.05, 3.63) is 35.4 Å². The summed E-state index contributed by atoms with van der Waals surface area (Å²) in [5, 5.41) is 2.94. The van der Waals surface area contributed by atoms with Crippen LogP contribution in [-0.4, -0.2) is 18.0 Å². The largest absolute Gasteiger partial charge is 0.354 e. The minimum atomic E-state index is -0.276. The maximum absolute atomic E-state index is 11.9. The molecule has 18 heavy (non-hydrogen) atoms. The zero-order valence-corrected chi connectivity index (χ0v) is 11.6. The smallest absolute Gasteiger partial charge is 0.224 e. The van der Waals surface area contributed by atoms with Crippen molar-refractivity contribution in [2.75, 3.05) is 6.54 Å². The fourth-order valence-electron chi connectivity index (χ4n) is 1.82. The highest BCUT2D eigenvalue weighted by Crippen LogP contribution is 2.10. The zero-order chi connectivity index (χ0) is 13.6. The molecule has 0 aliphatic carbocycles. The lowest BCUT2D eigenvalue weighted by atomic mass is 9.94. The Kier molecular flexibility index (Phi) is 5.35. The number of rotatable bonds is 6. The molecule has 1 aromatic carbocycles. The molecule has 0 bridgehead atoms. The Morgan fingerprint density at radius 1 is 1.28 bits per heavy atom. The number of carbonyl (C=O) groups excluding carboxylic acids is 1. The lowest BCUT2D eigenvalue weighted by Gasteiger charge is -2.26. The molecule has 1 amide bonds. The predicted octanol–water partition coefficient (Wildman–Crippen LogP) is 2.17. The molecule has 0 fully saturated rings. The molecule has 100 valence electrons. The molecule has 0 spiro atoms. The van der Waals surface area contributed by atoms with Gasteiger partial charge in [0.2, 0.25) is 5.91 Å². The molecule has 0 saturated carbocycles. The standard InChI is InChI=1S/C15H24N2O/c1-4-15(16,5-2)11-17-14(18)10-13-9-7-6-8-12(13)3/h6-9H,4-5,10-11,16H2,1-3H3,(H,17,18). The van der Waals surface area contributed by atoms with Crippen LogP contribution in [0.3, 0.4) is 0 Å². The van der Waals surface area contributed by atoms with Crippen LogP contribution in [0.5, 0.6) is 0 Å². The van der Waals surface area contributed by atoms with Gasteiger partial charge in [0.25, 0.3) is 0 Å². The monoisotopic (exact) mass is 248 g/mol. The number of nitrogens with one attached hydrogen (secondary N) is 1. The van der Waals surface area contributed by atoms with E-state index >= 15 is 0 Å². The minimum Gasteiger partial charge on any atom is -0.354 e. The number of aryl methyl sites for hydroxylation is 1. The topological polar surface area (TPSA) is 55.1 Å². The summed E-state index contributed by atoms with van der Waals surface area (Å²) < 4.78 is 0. The van der Waals surface area contributed by atoms with E-state index in [-0.39, 0.29) is 11.4 Å². The van der Waals surface area contributed by atoms with Gasteiger partial charge in [0, 0.05) is 12.1 Å². The maximum atomic E-state index is 11.9. The number of carbonyl (C=O) groups is 1. The molecule has 3 N–H and O–H groups in total. The van der Waals surface area contributed by atoms with Crippen molar-refractivity contribution in [3.8, 4) is 0 Å². The highest BCUT2D eigenvalue weighted by Gasteiger charge is 2.20. The Bertz CT molecular complexity index is 397. The van der Waals surface area contributed by atoms with Crippen LogP contribution in [0.1, 0.15) is 37.8 Å². The molecule has 0 saturated heterocycles. The fourth-order valence-corrected chi connectivity index (χ4v) is 1.82. The molecule has 1 rings (SSSR count). The number of hydrogen-bond donors (Lipinski definition) is 2. The third kappa shape index (κ3) is 4.15. The molecule has 1 aromatic rings. The van der Waals surface area contributed by atoms with Gasteiger partial charge in [-0.3, -0.25) is 4.79 Å². The van der Waals surface area contributed by atoms with Gasteiger partial charge in [-0.15, -0.1) is 0 Å². The maximum Gasteiger partial charge on any atom is 0.224 e. The summed E-state index contributed by atoms with van der Waals surface area (Å²) in [5.74, 6) is 0.0426. The van der Waals surface area contributed by atoms with E-state index in [0.717, 1.165) is 24.0 Å². The normalized spacial score (nSPS) is 11.3. The van der Waals surface area contributed by atoms with Gasteiger partial charge in [0.15, 0.2) is 0 Å². The van der Waals surface area contributed by atoms with Gasteiger partial charge < -0.3 is 11.1 Å². The second-order valence-electron chi connectivity index (χ2n) is 4.95. The summed E-state index contributed by atoms with van der Waals surface area (Å²) in [6.45, 7) is 6.67. The molecule has 0 aliphatic rings. The van der Waals surface area contributed by atoms with Crippen LogP contribution >= 0.6 is 0 Å². The molecular formula is C15H24N2O. The van der Waals surface area contributed by atoms with Gasteiger partial charge >= 0.3 is 0 Å². The molecular weight excluding hydrogens is 224 g/mol. The van der Waals surface area contributed by atoms with Crippen LogP contribution in [0.4, 0.5) is 0 Å². The first-order valence-corrected chi connectivity index (χ1v) is 6.61. The van der Waals surface area contributed by atoms with E-state index in [1.807, 2.05) is 31.2 Å². The van der Waals surface area contributed by atoms with E-state index in [1.54, 1.807) is 0 Å². The average Bonchev–Trinajstić information content (AvgIpc) is 2.39. The van der Waals surface area contributed by atoms with E-state index in [9.17, 15) is 4.79 Å². The molecule has 0 aromatic heterocycles. The van der Waals surface area contributed by atoms with Crippen molar-refractivity contribution < 1.29 is 4.79 Å². The van der Waals surface area contributed by atoms with E-state index in [0.29, 0.717) is 13.0 Å². The molecule has 0 unspecified atom stereocenters. The SMILES string of the molecule is CCC(N)(CC)CNC(=O)Cc1ccccc1C. The van der Waals surface area contributed by atoms with Crippen molar-refractivity contribution >= 4 is 5.91 Å². The molecule has 0 atom stereocenters. The molecule has 3 nitrogen and oxygen atoms in total. The Morgan fingerprint density at radius 2 is 1.89 bits per heavy atom. The molecule has 0 aliphatic heterocycles. The minimum absolute atomic E-state index is 0.0426. The summed E-state index contributed by atoms with van der Waals surface area (Å²) in [5.41, 5.74) is 8.10. The highest BCUT2D eigenvalue weighted by molar-refractivity contribution is 5.79. The Labute approximate surface area is 110 Å². The van der Waals surface area contributed by atoms with E-state index in [2.05, 4.69) is 19.2 Å². The first-order valence-electron chi connectivity index (χ1n) is 6.61. The Hall–Kier alpha value is -1.35.